The van der Waals surface area contributed by atoms with Crippen molar-refractivity contribution in [3.63, 3.8) is 0 Å². The third-order valence-corrected chi connectivity index (χ3v) is 5.59. The molecule has 1 aliphatic rings. The van der Waals surface area contributed by atoms with Crippen molar-refractivity contribution in [2.75, 3.05) is 12.0 Å². The van der Waals surface area contributed by atoms with Crippen LogP contribution in [0.2, 0.25) is 0 Å². The van der Waals surface area contributed by atoms with Gasteiger partial charge in [-0.2, -0.15) is 0 Å². The summed E-state index contributed by atoms with van der Waals surface area (Å²) in [6.45, 7) is 2.01. The smallest absolute Gasteiger partial charge is 0.325 e. The van der Waals surface area contributed by atoms with Crippen LogP contribution in [0.1, 0.15) is 11.1 Å². The van der Waals surface area contributed by atoms with Gasteiger partial charge < -0.3 is 9.30 Å². The van der Waals surface area contributed by atoms with Gasteiger partial charge in [-0.1, -0.05) is 35.9 Å². The summed E-state index contributed by atoms with van der Waals surface area (Å²) in [4.78, 5) is 38.6. The van der Waals surface area contributed by atoms with Crippen LogP contribution >= 0.6 is 11.8 Å². The molecule has 3 aromatic rings. The fraction of sp³-hybridized carbons (Fsp3) is 0.136. The van der Waals surface area contributed by atoms with Gasteiger partial charge in [-0.3, -0.25) is 14.4 Å². The number of ether oxygens (including phenoxy) is 1. The predicted octanol–water partition coefficient (Wildman–Crippen LogP) is 4.36. The first-order chi connectivity index (χ1) is 14.0. The highest BCUT2D eigenvalue weighted by atomic mass is 32.2. The topological polar surface area (TPSA) is 68.6 Å². The first-order valence-corrected chi connectivity index (χ1v) is 9.79. The number of fused-ring (bicyclic) bond motifs is 1. The number of hydrogen-bond acceptors (Lipinski definition) is 5. The van der Waals surface area contributed by atoms with Gasteiger partial charge >= 0.3 is 5.97 Å². The Bertz CT molecular complexity index is 1160. The van der Waals surface area contributed by atoms with Crippen LogP contribution in [0.25, 0.3) is 17.0 Å². The number of thioether (sulfide) groups is 1. The average Bonchev–Trinajstić information content (AvgIpc) is 3.20. The minimum absolute atomic E-state index is 0.0652. The number of carbonyl (C=O) groups is 3. The van der Waals surface area contributed by atoms with Gasteiger partial charge in [0.05, 0.1) is 17.7 Å². The number of rotatable bonds is 4. The van der Waals surface area contributed by atoms with Crippen LogP contribution in [0.5, 0.6) is 0 Å². The Morgan fingerprint density at radius 2 is 1.83 bits per heavy atom. The molecule has 4 rings (SSSR count). The van der Waals surface area contributed by atoms with E-state index in [1.165, 1.54) is 12.0 Å². The molecule has 0 atom stereocenters. The normalized spacial score (nSPS) is 15.5. The molecular formula is C22H18N2O4S. The number of para-hydroxylation sites is 1. The summed E-state index contributed by atoms with van der Waals surface area (Å²) >= 11 is 0.910. The van der Waals surface area contributed by atoms with Crippen molar-refractivity contribution in [3.8, 4) is 0 Å². The molecule has 2 heterocycles. The Morgan fingerprint density at radius 1 is 1.10 bits per heavy atom. The summed E-state index contributed by atoms with van der Waals surface area (Å²) in [7, 11) is 1.34. The van der Waals surface area contributed by atoms with E-state index in [0.717, 1.165) is 33.8 Å². The van der Waals surface area contributed by atoms with Crippen molar-refractivity contribution in [2.24, 2.45) is 0 Å². The van der Waals surface area contributed by atoms with Gasteiger partial charge in [0, 0.05) is 22.7 Å². The minimum atomic E-state index is -0.364. The van der Waals surface area contributed by atoms with Crippen LogP contribution in [0, 0.1) is 6.92 Å². The molecule has 1 fully saturated rings. The average molecular weight is 406 g/mol. The molecule has 1 aromatic heterocycles. The van der Waals surface area contributed by atoms with Gasteiger partial charge in [-0.25, -0.2) is 4.90 Å². The molecule has 0 unspecified atom stereocenters. The zero-order valence-electron chi connectivity index (χ0n) is 15.9. The van der Waals surface area contributed by atoms with Gasteiger partial charge in [-0.15, -0.1) is 0 Å². The second-order valence-electron chi connectivity index (χ2n) is 6.66. The number of hydrogen-bond donors (Lipinski definition) is 0. The zero-order chi connectivity index (χ0) is 20.5. The highest BCUT2D eigenvalue weighted by Crippen LogP contribution is 2.37. The van der Waals surface area contributed by atoms with Crippen LogP contribution in [0.15, 0.2) is 59.6 Å². The van der Waals surface area contributed by atoms with E-state index in [2.05, 4.69) is 0 Å². The van der Waals surface area contributed by atoms with Crippen LogP contribution in [0.4, 0.5) is 10.5 Å². The molecule has 146 valence electrons. The third kappa shape index (κ3) is 3.56. The Morgan fingerprint density at radius 3 is 2.55 bits per heavy atom. The van der Waals surface area contributed by atoms with E-state index in [0.29, 0.717) is 10.6 Å². The Kier molecular flexibility index (Phi) is 4.98. The predicted molar refractivity (Wildman–Crippen MR) is 114 cm³/mol. The maximum atomic E-state index is 12.9. The lowest BCUT2D eigenvalue weighted by molar-refractivity contribution is -0.141. The van der Waals surface area contributed by atoms with Gasteiger partial charge in [-0.05, 0) is 43.0 Å². The number of nitrogens with zero attached hydrogens (tertiary/aromatic N) is 2. The Balaban J connectivity index is 1.72. The maximum Gasteiger partial charge on any atom is 0.325 e. The number of imide groups is 1. The second kappa shape index (κ2) is 7.60. The van der Waals surface area contributed by atoms with E-state index in [-0.39, 0.29) is 23.7 Å². The lowest BCUT2D eigenvalue weighted by Crippen LogP contribution is -2.27. The lowest BCUT2D eigenvalue weighted by atomic mass is 10.1. The standard InChI is InChI=1S/C22H18N2O4S/c1-14-7-9-16(10-8-14)24-21(26)19(29-22(24)27)11-15-12-23(13-20(25)28-2)18-6-4-3-5-17(15)18/h3-12H,13H2,1-2H3/b19-11-. The molecule has 0 aliphatic carbocycles. The molecule has 0 radical (unpaired) electrons. The summed E-state index contributed by atoms with van der Waals surface area (Å²) in [5, 5.41) is 0.557. The first-order valence-electron chi connectivity index (χ1n) is 8.97. The van der Waals surface area contributed by atoms with Crippen molar-refractivity contribution < 1.29 is 19.1 Å². The summed E-state index contributed by atoms with van der Waals surface area (Å²) in [5.74, 6) is -0.717. The van der Waals surface area contributed by atoms with Crippen LogP contribution in [-0.2, 0) is 20.9 Å². The number of benzene rings is 2. The van der Waals surface area contributed by atoms with Crippen LogP contribution in [-0.4, -0.2) is 28.8 Å². The molecule has 1 aliphatic heterocycles. The molecule has 2 aromatic carbocycles. The van der Waals surface area contributed by atoms with Crippen LogP contribution in [0.3, 0.4) is 0 Å². The fourth-order valence-corrected chi connectivity index (χ4v) is 4.08. The number of carbonyl (C=O) groups excluding carboxylic acids is 3. The highest BCUT2D eigenvalue weighted by molar-refractivity contribution is 8.19. The van der Waals surface area contributed by atoms with E-state index in [1.54, 1.807) is 29.0 Å². The van der Waals surface area contributed by atoms with Gasteiger partial charge in [0.25, 0.3) is 11.1 Å². The minimum Gasteiger partial charge on any atom is -0.468 e. The van der Waals surface area contributed by atoms with Crippen molar-refractivity contribution in [1.29, 1.82) is 0 Å². The quantitative estimate of drug-likeness (QED) is 0.476. The highest BCUT2D eigenvalue weighted by Gasteiger charge is 2.36. The monoisotopic (exact) mass is 406 g/mol. The van der Waals surface area contributed by atoms with E-state index in [4.69, 9.17) is 4.74 Å². The summed E-state index contributed by atoms with van der Waals surface area (Å²) in [6.07, 6.45) is 3.50. The van der Waals surface area contributed by atoms with Gasteiger partial charge in [0.15, 0.2) is 0 Å². The first kappa shape index (κ1) is 19.0. The number of methoxy groups -OCH3 is 1. The molecule has 29 heavy (non-hydrogen) atoms. The number of aromatic nitrogens is 1. The largest absolute Gasteiger partial charge is 0.468 e. The number of esters is 1. The van der Waals surface area contributed by atoms with Crippen molar-refractivity contribution >= 4 is 51.5 Å². The molecular weight excluding hydrogens is 388 g/mol. The van der Waals surface area contributed by atoms with Crippen LogP contribution < -0.4 is 4.90 Å². The zero-order valence-corrected chi connectivity index (χ0v) is 16.7. The third-order valence-electron chi connectivity index (χ3n) is 4.72. The molecule has 6 nitrogen and oxygen atoms in total. The van der Waals surface area contributed by atoms with E-state index < -0.39 is 0 Å². The van der Waals surface area contributed by atoms with Gasteiger partial charge in [0.2, 0.25) is 0 Å². The second-order valence-corrected chi connectivity index (χ2v) is 7.65. The summed E-state index contributed by atoms with van der Waals surface area (Å²) in [5.41, 5.74) is 3.21. The SMILES string of the molecule is COC(=O)Cn1cc(/C=C2\SC(=O)N(c3ccc(C)cc3)C2=O)c2ccccc21. The van der Waals surface area contributed by atoms with E-state index in [1.807, 2.05) is 43.3 Å². The summed E-state index contributed by atoms with van der Waals surface area (Å²) in [6, 6.07) is 14.8. The lowest BCUT2D eigenvalue weighted by Gasteiger charge is -2.12. The molecule has 1 saturated heterocycles. The van der Waals surface area contributed by atoms with E-state index >= 15 is 0 Å². The molecule has 0 N–H and O–H groups in total. The molecule has 0 spiro atoms. The Labute approximate surface area is 171 Å². The van der Waals surface area contributed by atoms with Gasteiger partial charge in [0.1, 0.15) is 6.54 Å². The summed E-state index contributed by atoms with van der Waals surface area (Å²) < 4.78 is 6.54. The van der Waals surface area contributed by atoms with Crippen molar-refractivity contribution in [3.05, 3.63) is 70.8 Å². The number of aryl methyl sites for hydroxylation is 1. The Hall–Kier alpha value is -3.32. The maximum absolute atomic E-state index is 12.9. The van der Waals surface area contributed by atoms with E-state index in [9.17, 15) is 14.4 Å². The molecule has 7 heteroatoms. The number of amides is 2. The van der Waals surface area contributed by atoms with Crippen molar-refractivity contribution in [1.82, 2.24) is 4.57 Å². The molecule has 2 amide bonds. The fourth-order valence-electron chi connectivity index (χ4n) is 3.25. The molecule has 0 saturated carbocycles. The molecule has 0 bridgehead atoms. The number of anilines is 1. The van der Waals surface area contributed by atoms with Crippen molar-refractivity contribution in [2.45, 2.75) is 13.5 Å².